The Morgan fingerprint density at radius 2 is 1.85 bits per heavy atom. The first-order chi connectivity index (χ1) is 19.1. The molecule has 2 aliphatic rings. The molecule has 10 heteroatoms. The van der Waals surface area contributed by atoms with E-state index in [2.05, 4.69) is 31.2 Å². The summed E-state index contributed by atoms with van der Waals surface area (Å²) in [7, 11) is 1.86. The maximum Gasteiger partial charge on any atom is 0.256 e. The normalized spacial score (nSPS) is 16.1. The quantitative estimate of drug-likeness (QED) is 0.316. The molecule has 1 amide bonds. The zero-order valence-electron chi connectivity index (χ0n) is 21.9. The molecule has 4 heterocycles. The summed E-state index contributed by atoms with van der Waals surface area (Å²) in [5, 5.41) is 16.8. The summed E-state index contributed by atoms with van der Waals surface area (Å²) in [6, 6.07) is 14.0. The van der Waals surface area contributed by atoms with E-state index in [0.717, 1.165) is 59.4 Å². The monoisotopic (exact) mass is 521 g/mol. The van der Waals surface area contributed by atoms with E-state index in [1.54, 1.807) is 4.68 Å². The van der Waals surface area contributed by atoms with Crippen LogP contribution in [0.15, 0.2) is 55.0 Å². The number of carbonyl (C=O) groups excluding carboxylic acids is 1. The molecule has 10 nitrogen and oxygen atoms in total. The summed E-state index contributed by atoms with van der Waals surface area (Å²) in [6.45, 7) is 0. The third-order valence-corrected chi connectivity index (χ3v) is 8.01. The van der Waals surface area contributed by atoms with Crippen molar-refractivity contribution in [2.24, 2.45) is 7.05 Å². The van der Waals surface area contributed by atoms with Gasteiger partial charge in [-0.2, -0.15) is 15.3 Å². The number of nitrogens with two attached hydrogens (primary N) is 1. The van der Waals surface area contributed by atoms with Crippen molar-refractivity contribution in [3.05, 3.63) is 66.2 Å². The van der Waals surface area contributed by atoms with Crippen LogP contribution < -0.4 is 11.1 Å². The van der Waals surface area contributed by atoms with E-state index in [-0.39, 0.29) is 5.91 Å². The summed E-state index contributed by atoms with van der Waals surface area (Å²) < 4.78 is 5.69. The molecule has 39 heavy (non-hydrogen) atoms. The number of amides is 1. The van der Waals surface area contributed by atoms with Crippen molar-refractivity contribution in [2.45, 2.75) is 56.9 Å². The molecule has 198 valence electrons. The van der Waals surface area contributed by atoms with E-state index >= 15 is 0 Å². The van der Waals surface area contributed by atoms with Crippen LogP contribution in [0.3, 0.4) is 0 Å². The van der Waals surface area contributed by atoms with Gasteiger partial charge >= 0.3 is 0 Å². The number of hydrogen-bond acceptors (Lipinski definition) is 6. The van der Waals surface area contributed by atoms with E-state index in [1.165, 1.54) is 25.6 Å². The number of carbonyl (C=O) groups is 1. The zero-order chi connectivity index (χ0) is 26.5. The highest BCUT2D eigenvalue weighted by Crippen LogP contribution is 2.40. The molecule has 0 bridgehead atoms. The van der Waals surface area contributed by atoms with Gasteiger partial charge in [0.25, 0.3) is 5.91 Å². The van der Waals surface area contributed by atoms with Gasteiger partial charge in [0, 0.05) is 41.9 Å². The molecule has 1 aromatic carbocycles. The summed E-state index contributed by atoms with van der Waals surface area (Å²) in [5.41, 5.74) is 12.4. The zero-order valence-corrected chi connectivity index (χ0v) is 21.9. The largest absolute Gasteiger partial charge is 0.382 e. The van der Waals surface area contributed by atoms with Crippen LogP contribution in [0.25, 0.3) is 28.0 Å². The average Bonchev–Trinajstić information content (AvgIpc) is 3.39. The minimum atomic E-state index is -0.187. The summed E-state index contributed by atoms with van der Waals surface area (Å²) in [6.07, 6.45) is 11.6. The number of hydrogen-bond donors (Lipinski definition) is 2. The van der Waals surface area contributed by atoms with Gasteiger partial charge < -0.3 is 11.1 Å². The van der Waals surface area contributed by atoms with Crippen molar-refractivity contribution < 1.29 is 4.79 Å². The van der Waals surface area contributed by atoms with Gasteiger partial charge in [-0.3, -0.25) is 14.2 Å². The van der Waals surface area contributed by atoms with Crippen molar-refractivity contribution >= 4 is 23.1 Å². The smallest absolute Gasteiger partial charge is 0.256 e. The fraction of sp³-hybridized carbons (Fsp3) is 0.345. The molecule has 3 N–H and O–H groups in total. The Morgan fingerprint density at radius 3 is 2.67 bits per heavy atom. The highest BCUT2D eigenvalue weighted by molar-refractivity contribution is 6.04. The van der Waals surface area contributed by atoms with Crippen molar-refractivity contribution in [3.8, 4) is 22.5 Å². The van der Waals surface area contributed by atoms with Gasteiger partial charge in [-0.1, -0.05) is 31.4 Å². The van der Waals surface area contributed by atoms with Gasteiger partial charge in [0.05, 0.1) is 23.1 Å². The van der Waals surface area contributed by atoms with Crippen LogP contribution in [0.2, 0.25) is 0 Å². The lowest BCUT2D eigenvalue weighted by atomic mass is 9.95. The first-order valence-electron chi connectivity index (χ1n) is 13.7. The van der Waals surface area contributed by atoms with Crippen LogP contribution in [0.4, 0.5) is 11.6 Å². The molecule has 0 atom stereocenters. The Morgan fingerprint density at radius 1 is 1.00 bits per heavy atom. The molecule has 2 fully saturated rings. The predicted octanol–water partition coefficient (Wildman–Crippen LogP) is 5.21. The molecule has 0 unspecified atom stereocenters. The number of rotatable bonds is 6. The molecule has 0 radical (unpaired) electrons. The van der Waals surface area contributed by atoms with Gasteiger partial charge in [0.15, 0.2) is 5.82 Å². The fourth-order valence-electron chi connectivity index (χ4n) is 5.81. The molecular formula is C29H31N9O. The van der Waals surface area contributed by atoms with Crippen molar-refractivity contribution in [3.63, 3.8) is 0 Å². The third kappa shape index (κ3) is 4.25. The number of anilines is 2. The number of benzene rings is 1. The second kappa shape index (κ2) is 9.37. The predicted molar refractivity (Wildman–Crippen MR) is 149 cm³/mol. The van der Waals surface area contributed by atoms with Crippen LogP contribution in [-0.2, 0) is 7.05 Å². The maximum atomic E-state index is 13.3. The van der Waals surface area contributed by atoms with Gasteiger partial charge in [0.2, 0.25) is 0 Å². The molecule has 4 aromatic heterocycles. The molecular weight excluding hydrogens is 490 g/mol. The van der Waals surface area contributed by atoms with E-state index in [0.29, 0.717) is 29.2 Å². The van der Waals surface area contributed by atoms with Crippen LogP contribution in [0, 0.1) is 0 Å². The third-order valence-electron chi connectivity index (χ3n) is 8.01. The van der Waals surface area contributed by atoms with Crippen molar-refractivity contribution in [1.82, 2.24) is 34.2 Å². The Bertz CT molecular complexity index is 1680. The van der Waals surface area contributed by atoms with Gasteiger partial charge in [-0.15, -0.1) is 0 Å². The molecule has 0 aliphatic heterocycles. The molecule has 7 rings (SSSR count). The lowest BCUT2D eigenvalue weighted by Gasteiger charge is -2.23. The van der Waals surface area contributed by atoms with E-state index in [9.17, 15) is 4.79 Å². The second-order valence-electron chi connectivity index (χ2n) is 10.7. The minimum Gasteiger partial charge on any atom is -0.382 e. The number of aromatic nitrogens is 7. The Balaban J connectivity index is 1.26. The number of aryl methyl sites for hydroxylation is 1. The number of nitrogens with one attached hydrogen (secondary N) is 1. The van der Waals surface area contributed by atoms with Gasteiger partial charge in [-0.05, 0) is 49.9 Å². The highest BCUT2D eigenvalue weighted by Gasteiger charge is 2.27. The maximum absolute atomic E-state index is 13.3. The van der Waals surface area contributed by atoms with Crippen molar-refractivity contribution in [1.29, 1.82) is 0 Å². The Kier molecular flexibility index (Phi) is 5.68. The SMILES string of the molecule is Cn1nc(C2CC2)cc1NC(=O)c1cccc(-c2cc(-c3ccnn3C3CCCCC3)c3c(N)ncnn23)c1. The highest BCUT2D eigenvalue weighted by atomic mass is 16.1. The van der Waals surface area contributed by atoms with E-state index in [1.807, 2.05) is 54.2 Å². The molecule has 0 saturated heterocycles. The van der Waals surface area contributed by atoms with Gasteiger partial charge in [-0.25, -0.2) is 9.50 Å². The lowest BCUT2D eigenvalue weighted by molar-refractivity contribution is 0.102. The standard InChI is InChI=1S/C29H31N9O/c1-36-26(16-23(35-36)18-10-11-18)34-29(39)20-7-5-6-19(14-20)25-15-22(27-28(30)31-17-33-38(25)27)24-12-13-32-37(24)21-8-3-2-4-9-21/h5-7,12-18,21H,2-4,8-11H2,1H3,(H,34,39)(H2,30,31,33). The molecule has 2 aliphatic carbocycles. The summed E-state index contributed by atoms with van der Waals surface area (Å²) in [4.78, 5) is 17.5. The molecule has 2 saturated carbocycles. The minimum absolute atomic E-state index is 0.187. The molecule has 0 spiro atoms. The van der Waals surface area contributed by atoms with Crippen LogP contribution in [0.1, 0.15) is 73.0 Å². The second-order valence-corrected chi connectivity index (χ2v) is 10.7. The molecule has 5 aromatic rings. The van der Waals surface area contributed by atoms with Crippen LogP contribution in [-0.4, -0.2) is 40.1 Å². The average molecular weight is 522 g/mol. The fourth-order valence-corrected chi connectivity index (χ4v) is 5.81. The Labute approximate surface area is 225 Å². The first kappa shape index (κ1) is 23.6. The Hall–Kier alpha value is -4.47. The number of nitrogens with zero attached hydrogens (tertiary/aromatic N) is 7. The first-order valence-corrected chi connectivity index (χ1v) is 13.7. The number of fused-ring (bicyclic) bond motifs is 1. The van der Waals surface area contributed by atoms with Gasteiger partial charge in [0.1, 0.15) is 17.7 Å². The summed E-state index contributed by atoms with van der Waals surface area (Å²) in [5.74, 6) is 1.43. The topological polar surface area (TPSA) is 121 Å². The van der Waals surface area contributed by atoms with Crippen LogP contribution >= 0.6 is 0 Å². The van der Waals surface area contributed by atoms with E-state index < -0.39 is 0 Å². The van der Waals surface area contributed by atoms with E-state index in [4.69, 9.17) is 10.8 Å². The summed E-state index contributed by atoms with van der Waals surface area (Å²) >= 11 is 0. The number of nitrogen functional groups attached to an aromatic ring is 1. The van der Waals surface area contributed by atoms with Crippen molar-refractivity contribution in [2.75, 3.05) is 11.1 Å². The van der Waals surface area contributed by atoms with Crippen LogP contribution in [0.5, 0.6) is 0 Å². The lowest BCUT2D eigenvalue weighted by Crippen LogP contribution is -2.15.